The lowest BCUT2D eigenvalue weighted by atomic mass is 9.96. The highest BCUT2D eigenvalue weighted by Crippen LogP contribution is 2.21. The average Bonchev–Trinajstić information content (AvgIpc) is 2.57. The van der Waals surface area contributed by atoms with E-state index in [1.807, 2.05) is 26.2 Å². The summed E-state index contributed by atoms with van der Waals surface area (Å²) >= 11 is 0. The number of anilines is 4. The first-order chi connectivity index (χ1) is 11.2. The minimum atomic E-state index is 0.472. The van der Waals surface area contributed by atoms with Crippen molar-refractivity contribution in [3.8, 4) is 0 Å². The topological polar surface area (TPSA) is 66.0 Å². The number of nitrogens with one attached hydrogen (secondary N) is 2. The molecule has 6 nitrogen and oxygen atoms in total. The molecule has 0 spiro atoms. The highest BCUT2D eigenvalue weighted by Gasteiger charge is 2.14. The lowest BCUT2D eigenvalue weighted by Gasteiger charge is -2.22. The second kappa shape index (κ2) is 7.26. The van der Waals surface area contributed by atoms with E-state index in [1.54, 1.807) is 6.20 Å². The molecular formula is C17H24N6. The van der Waals surface area contributed by atoms with Gasteiger partial charge in [0.2, 0.25) is 5.95 Å². The summed E-state index contributed by atoms with van der Waals surface area (Å²) < 4.78 is 0. The molecule has 1 aliphatic rings. The number of nitrogens with zero attached hydrogens (tertiary/aromatic N) is 4. The molecule has 2 aromatic rings. The van der Waals surface area contributed by atoms with E-state index in [0.29, 0.717) is 17.8 Å². The third-order valence-electron chi connectivity index (χ3n) is 4.15. The summed E-state index contributed by atoms with van der Waals surface area (Å²) in [5, 5.41) is 14.8. The fourth-order valence-corrected chi connectivity index (χ4v) is 2.85. The number of rotatable bonds is 5. The number of hydrogen-bond acceptors (Lipinski definition) is 6. The molecule has 0 atom stereocenters. The Bertz CT molecular complexity index is 619. The highest BCUT2D eigenvalue weighted by atomic mass is 15.3. The van der Waals surface area contributed by atoms with Crippen LogP contribution in [0.3, 0.4) is 0 Å². The minimum Gasteiger partial charge on any atom is -0.378 e. The maximum Gasteiger partial charge on any atom is 0.244 e. The lowest BCUT2D eigenvalue weighted by molar-refractivity contribution is 0.460. The fraction of sp³-hybridized carbons (Fsp3) is 0.471. The maximum atomic E-state index is 4.51. The van der Waals surface area contributed by atoms with Gasteiger partial charge < -0.3 is 15.5 Å². The van der Waals surface area contributed by atoms with Crippen LogP contribution < -0.4 is 15.5 Å². The van der Waals surface area contributed by atoms with E-state index >= 15 is 0 Å². The molecular weight excluding hydrogens is 288 g/mol. The molecule has 2 N–H and O–H groups in total. The molecule has 1 saturated carbocycles. The van der Waals surface area contributed by atoms with Crippen LogP contribution in [0, 0.1) is 0 Å². The van der Waals surface area contributed by atoms with Crippen molar-refractivity contribution >= 4 is 23.1 Å². The molecule has 0 unspecified atom stereocenters. The molecule has 0 radical (unpaired) electrons. The number of benzene rings is 1. The first-order valence-corrected chi connectivity index (χ1v) is 8.21. The molecule has 3 rings (SSSR count). The van der Waals surface area contributed by atoms with Gasteiger partial charge in [-0.15, -0.1) is 5.10 Å². The van der Waals surface area contributed by atoms with E-state index in [1.165, 1.54) is 32.1 Å². The van der Waals surface area contributed by atoms with Crippen LogP contribution in [0.5, 0.6) is 0 Å². The third kappa shape index (κ3) is 4.31. The van der Waals surface area contributed by atoms with Crippen LogP contribution in [0.2, 0.25) is 0 Å². The third-order valence-corrected chi connectivity index (χ3v) is 4.15. The van der Waals surface area contributed by atoms with E-state index < -0.39 is 0 Å². The summed E-state index contributed by atoms with van der Waals surface area (Å²) in [7, 11) is 4.06. The van der Waals surface area contributed by atoms with E-state index in [0.717, 1.165) is 11.4 Å². The van der Waals surface area contributed by atoms with Crippen molar-refractivity contribution < 1.29 is 0 Å². The van der Waals surface area contributed by atoms with Crippen molar-refractivity contribution in [1.29, 1.82) is 0 Å². The molecule has 6 heteroatoms. The van der Waals surface area contributed by atoms with Crippen LogP contribution in [0.15, 0.2) is 30.5 Å². The van der Waals surface area contributed by atoms with Gasteiger partial charge in [0.1, 0.15) is 0 Å². The Hall–Kier alpha value is -2.37. The molecule has 0 saturated heterocycles. The van der Waals surface area contributed by atoms with Gasteiger partial charge in [0, 0.05) is 31.5 Å². The second-order valence-corrected chi connectivity index (χ2v) is 6.21. The first-order valence-electron chi connectivity index (χ1n) is 8.21. The van der Waals surface area contributed by atoms with Crippen molar-refractivity contribution in [2.75, 3.05) is 29.6 Å². The number of hydrogen-bond donors (Lipinski definition) is 2. The summed E-state index contributed by atoms with van der Waals surface area (Å²) in [5.41, 5.74) is 2.15. The van der Waals surface area contributed by atoms with Gasteiger partial charge in [0.25, 0.3) is 0 Å². The summed E-state index contributed by atoms with van der Waals surface area (Å²) in [5.74, 6) is 1.31. The van der Waals surface area contributed by atoms with Gasteiger partial charge in [-0.25, -0.2) is 0 Å². The Labute approximate surface area is 137 Å². The Morgan fingerprint density at radius 1 is 1.04 bits per heavy atom. The predicted octanol–water partition coefficient (Wildman–Crippen LogP) is 3.43. The van der Waals surface area contributed by atoms with Gasteiger partial charge in [-0.2, -0.15) is 10.1 Å². The van der Waals surface area contributed by atoms with E-state index in [9.17, 15) is 0 Å². The van der Waals surface area contributed by atoms with Gasteiger partial charge >= 0.3 is 0 Å². The molecule has 23 heavy (non-hydrogen) atoms. The average molecular weight is 312 g/mol. The minimum absolute atomic E-state index is 0.472. The summed E-state index contributed by atoms with van der Waals surface area (Å²) in [6, 6.07) is 8.67. The second-order valence-electron chi connectivity index (χ2n) is 6.21. The summed E-state index contributed by atoms with van der Waals surface area (Å²) in [4.78, 5) is 6.59. The van der Waals surface area contributed by atoms with Gasteiger partial charge in [0.05, 0.1) is 6.20 Å². The molecule has 1 aromatic carbocycles. The van der Waals surface area contributed by atoms with E-state index in [2.05, 4.69) is 42.8 Å². The Kier molecular flexibility index (Phi) is 4.90. The molecule has 1 fully saturated rings. The van der Waals surface area contributed by atoms with Gasteiger partial charge in [-0.05, 0) is 37.1 Å². The van der Waals surface area contributed by atoms with Crippen LogP contribution in [0.25, 0.3) is 0 Å². The maximum absolute atomic E-state index is 4.51. The Balaban J connectivity index is 1.64. The zero-order valence-electron chi connectivity index (χ0n) is 13.8. The molecule has 1 aromatic heterocycles. The quantitative estimate of drug-likeness (QED) is 0.882. The molecule has 0 aliphatic heterocycles. The lowest BCUT2D eigenvalue weighted by Crippen LogP contribution is -2.23. The van der Waals surface area contributed by atoms with Gasteiger partial charge in [-0.1, -0.05) is 19.3 Å². The molecule has 1 heterocycles. The van der Waals surface area contributed by atoms with Crippen LogP contribution in [-0.2, 0) is 0 Å². The van der Waals surface area contributed by atoms with Gasteiger partial charge in [-0.3, -0.25) is 0 Å². The Morgan fingerprint density at radius 2 is 1.78 bits per heavy atom. The molecule has 122 valence electrons. The monoisotopic (exact) mass is 312 g/mol. The van der Waals surface area contributed by atoms with Crippen molar-refractivity contribution in [2.24, 2.45) is 0 Å². The summed E-state index contributed by atoms with van der Waals surface area (Å²) in [6.45, 7) is 0. The van der Waals surface area contributed by atoms with Crippen molar-refractivity contribution in [1.82, 2.24) is 15.2 Å². The van der Waals surface area contributed by atoms with Crippen LogP contribution >= 0.6 is 0 Å². The van der Waals surface area contributed by atoms with Crippen LogP contribution in [0.4, 0.5) is 23.1 Å². The fourth-order valence-electron chi connectivity index (χ4n) is 2.85. The van der Waals surface area contributed by atoms with E-state index in [4.69, 9.17) is 0 Å². The summed E-state index contributed by atoms with van der Waals surface area (Å²) in [6.07, 6.45) is 7.91. The largest absolute Gasteiger partial charge is 0.378 e. The smallest absolute Gasteiger partial charge is 0.244 e. The van der Waals surface area contributed by atoms with Crippen molar-refractivity contribution in [3.63, 3.8) is 0 Å². The first kappa shape index (κ1) is 15.5. The highest BCUT2D eigenvalue weighted by molar-refractivity contribution is 5.60. The van der Waals surface area contributed by atoms with Crippen molar-refractivity contribution in [3.05, 3.63) is 30.5 Å². The zero-order chi connectivity index (χ0) is 16.1. The van der Waals surface area contributed by atoms with Crippen LogP contribution in [0.1, 0.15) is 32.1 Å². The zero-order valence-corrected chi connectivity index (χ0v) is 13.8. The van der Waals surface area contributed by atoms with Crippen molar-refractivity contribution in [2.45, 2.75) is 38.1 Å². The molecule has 0 bridgehead atoms. The van der Waals surface area contributed by atoms with Gasteiger partial charge in [0.15, 0.2) is 5.82 Å². The predicted molar refractivity (Wildman–Crippen MR) is 94.4 cm³/mol. The Morgan fingerprint density at radius 3 is 2.48 bits per heavy atom. The SMILES string of the molecule is CN(C)c1ccc(Nc2cnnc(NC3CCCCC3)n2)cc1. The van der Waals surface area contributed by atoms with E-state index in [-0.39, 0.29) is 0 Å². The van der Waals surface area contributed by atoms with Crippen LogP contribution in [-0.4, -0.2) is 35.3 Å². The number of aromatic nitrogens is 3. The molecule has 0 amide bonds. The normalized spacial score (nSPS) is 15.2. The molecule has 1 aliphatic carbocycles. The standard InChI is InChI=1S/C17H24N6/c1-23(2)15-10-8-14(9-11-15)19-16-12-18-22-17(21-16)20-13-6-4-3-5-7-13/h8-13H,3-7H2,1-2H3,(H2,19,20,21,22).